The molecule has 0 aromatic heterocycles. The molecule has 0 spiro atoms. The first kappa shape index (κ1) is 19.1. The topological polar surface area (TPSA) is 54.0 Å². The van der Waals surface area contributed by atoms with Crippen LogP contribution in [0.15, 0.2) is 12.1 Å². The second kappa shape index (κ2) is 10.8. The molecule has 0 fully saturated rings. The van der Waals surface area contributed by atoms with Crippen LogP contribution in [0.5, 0.6) is 17.2 Å². The highest BCUT2D eigenvalue weighted by Gasteiger charge is 2.22. The van der Waals surface area contributed by atoms with Gasteiger partial charge in [-0.05, 0) is 26.2 Å². The van der Waals surface area contributed by atoms with E-state index in [-0.39, 0.29) is 0 Å². The Morgan fingerprint density at radius 1 is 0.826 bits per heavy atom. The van der Waals surface area contributed by atoms with Gasteiger partial charge in [-0.25, -0.2) is 4.79 Å². The van der Waals surface area contributed by atoms with E-state index in [4.69, 9.17) is 18.9 Å². The number of hydrogen-bond donors (Lipinski definition) is 0. The van der Waals surface area contributed by atoms with Gasteiger partial charge in [-0.2, -0.15) is 0 Å². The summed E-state index contributed by atoms with van der Waals surface area (Å²) in [5.74, 6) is 1.10. The van der Waals surface area contributed by atoms with Crippen molar-refractivity contribution >= 4 is 5.97 Å². The molecule has 23 heavy (non-hydrogen) atoms. The van der Waals surface area contributed by atoms with Crippen molar-refractivity contribution in [2.45, 2.75) is 47.0 Å². The van der Waals surface area contributed by atoms with E-state index in [0.717, 1.165) is 19.3 Å². The standard InChI is InChI=1S/C18H28O5/c1-5-9-21-14-12-15(22-10-6-2)17(18(19)20-8-4)16(13-14)23-11-7-3/h12-13H,5-11H2,1-4H3. The summed E-state index contributed by atoms with van der Waals surface area (Å²) in [6, 6.07) is 3.47. The van der Waals surface area contributed by atoms with Gasteiger partial charge in [0, 0.05) is 12.1 Å². The Labute approximate surface area is 138 Å². The summed E-state index contributed by atoms with van der Waals surface area (Å²) in [6.45, 7) is 9.75. The van der Waals surface area contributed by atoms with Crippen molar-refractivity contribution in [2.75, 3.05) is 26.4 Å². The minimum absolute atomic E-state index is 0.299. The van der Waals surface area contributed by atoms with Crippen molar-refractivity contribution in [3.8, 4) is 17.2 Å². The molecule has 130 valence electrons. The minimum Gasteiger partial charge on any atom is -0.493 e. The lowest BCUT2D eigenvalue weighted by Crippen LogP contribution is -2.12. The van der Waals surface area contributed by atoms with E-state index in [2.05, 4.69) is 0 Å². The van der Waals surface area contributed by atoms with Gasteiger partial charge in [0.05, 0.1) is 26.4 Å². The van der Waals surface area contributed by atoms with Crippen LogP contribution in [0.2, 0.25) is 0 Å². The fourth-order valence-corrected chi connectivity index (χ4v) is 1.93. The molecule has 0 unspecified atom stereocenters. The van der Waals surface area contributed by atoms with Crippen LogP contribution in [-0.4, -0.2) is 32.4 Å². The Kier molecular flexibility index (Phi) is 8.95. The predicted molar refractivity (Wildman–Crippen MR) is 89.8 cm³/mol. The van der Waals surface area contributed by atoms with Gasteiger partial charge in [-0.15, -0.1) is 0 Å². The molecule has 0 radical (unpaired) electrons. The van der Waals surface area contributed by atoms with E-state index in [1.54, 1.807) is 19.1 Å². The fourth-order valence-electron chi connectivity index (χ4n) is 1.93. The zero-order valence-corrected chi connectivity index (χ0v) is 14.6. The van der Waals surface area contributed by atoms with E-state index < -0.39 is 5.97 Å². The van der Waals surface area contributed by atoms with Crippen LogP contribution < -0.4 is 14.2 Å². The van der Waals surface area contributed by atoms with Gasteiger partial charge in [0.25, 0.3) is 0 Å². The number of carbonyl (C=O) groups excluding carboxylic acids is 1. The van der Waals surface area contributed by atoms with Gasteiger partial charge < -0.3 is 18.9 Å². The third kappa shape index (κ3) is 6.00. The van der Waals surface area contributed by atoms with E-state index in [9.17, 15) is 4.79 Å². The molecule has 0 bridgehead atoms. The highest BCUT2D eigenvalue weighted by atomic mass is 16.5. The molecule has 0 atom stereocenters. The summed E-state index contributed by atoms with van der Waals surface area (Å²) in [4.78, 5) is 12.3. The SMILES string of the molecule is CCCOc1cc(OCCC)c(C(=O)OCC)c(OCCC)c1. The number of hydrogen-bond acceptors (Lipinski definition) is 5. The summed E-state index contributed by atoms with van der Waals surface area (Å²) in [5.41, 5.74) is 0.331. The highest BCUT2D eigenvalue weighted by molar-refractivity contribution is 5.96. The van der Waals surface area contributed by atoms with E-state index in [0.29, 0.717) is 49.2 Å². The van der Waals surface area contributed by atoms with Crippen LogP contribution in [0.4, 0.5) is 0 Å². The highest BCUT2D eigenvalue weighted by Crippen LogP contribution is 2.35. The second-order valence-corrected chi connectivity index (χ2v) is 5.06. The first-order valence-corrected chi connectivity index (χ1v) is 8.41. The molecule has 0 saturated heterocycles. The van der Waals surface area contributed by atoms with E-state index in [1.165, 1.54) is 0 Å². The lowest BCUT2D eigenvalue weighted by atomic mass is 10.1. The Hall–Kier alpha value is -1.91. The Morgan fingerprint density at radius 2 is 1.30 bits per heavy atom. The van der Waals surface area contributed by atoms with E-state index >= 15 is 0 Å². The van der Waals surface area contributed by atoms with Gasteiger partial charge in [0.1, 0.15) is 22.8 Å². The van der Waals surface area contributed by atoms with Gasteiger partial charge in [0.2, 0.25) is 0 Å². The molecule has 5 nitrogen and oxygen atoms in total. The van der Waals surface area contributed by atoms with Crippen LogP contribution in [-0.2, 0) is 4.74 Å². The lowest BCUT2D eigenvalue weighted by Gasteiger charge is -2.17. The van der Waals surface area contributed by atoms with Crippen LogP contribution in [0, 0.1) is 0 Å². The average molecular weight is 324 g/mol. The van der Waals surface area contributed by atoms with Crippen molar-refractivity contribution in [1.82, 2.24) is 0 Å². The Bertz CT molecular complexity index is 455. The Balaban J connectivity index is 3.23. The zero-order chi connectivity index (χ0) is 17.1. The summed E-state index contributed by atoms with van der Waals surface area (Å²) in [6.07, 6.45) is 2.58. The van der Waals surface area contributed by atoms with Crippen molar-refractivity contribution < 1.29 is 23.7 Å². The molecule has 0 saturated carbocycles. The van der Waals surface area contributed by atoms with Gasteiger partial charge in [0.15, 0.2) is 0 Å². The second-order valence-electron chi connectivity index (χ2n) is 5.06. The summed E-state index contributed by atoms with van der Waals surface area (Å²) >= 11 is 0. The number of rotatable bonds is 11. The smallest absolute Gasteiger partial charge is 0.345 e. The first-order valence-electron chi connectivity index (χ1n) is 8.41. The van der Waals surface area contributed by atoms with Crippen molar-refractivity contribution in [3.05, 3.63) is 17.7 Å². The van der Waals surface area contributed by atoms with Gasteiger partial charge >= 0.3 is 5.97 Å². The molecule has 0 N–H and O–H groups in total. The van der Waals surface area contributed by atoms with Crippen LogP contribution in [0.3, 0.4) is 0 Å². The fraction of sp³-hybridized carbons (Fsp3) is 0.611. The van der Waals surface area contributed by atoms with Gasteiger partial charge in [-0.3, -0.25) is 0 Å². The van der Waals surface area contributed by atoms with Crippen LogP contribution in [0.1, 0.15) is 57.3 Å². The van der Waals surface area contributed by atoms with Crippen molar-refractivity contribution in [3.63, 3.8) is 0 Å². The van der Waals surface area contributed by atoms with Crippen LogP contribution >= 0.6 is 0 Å². The molecule has 0 aliphatic heterocycles. The maximum atomic E-state index is 12.3. The van der Waals surface area contributed by atoms with Crippen LogP contribution in [0.25, 0.3) is 0 Å². The molecular formula is C18H28O5. The number of ether oxygens (including phenoxy) is 4. The third-order valence-electron chi connectivity index (χ3n) is 2.92. The zero-order valence-electron chi connectivity index (χ0n) is 14.6. The molecule has 1 aromatic carbocycles. The van der Waals surface area contributed by atoms with Crippen molar-refractivity contribution in [2.24, 2.45) is 0 Å². The molecular weight excluding hydrogens is 296 g/mol. The molecule has 5 heteroatoms. The van der Waals surface area contributed by atoms with Gasteiger partial charge in [-0.1, -0.05) is 20.8 Å². The monoisotopic (exact) mass is 324 g/mol. The Morgan fingerprint density at radius 3 is 1.74 bits per heavy atom. The largest absolute Gasteiger partial charge is 0.493 e. The van der Waals surface area contributed by atoms with E-state index in [1.807, 2.05) is 20.8 Å². The molecule has 0 heterocycles. The third-order valence-corrected chi connectivity index (χ3v) is 2.92. The average Bonchev–Trinajstić information content (AvgIpc) is 2.55. The normalized spacial score (nSPS) is 10.3. The molecule has 0 aliphatic carbocycles. The molecule has 0 aliphatic rings. The lowest BCUT2D eigenvalue weighted by molar-refractivity contribution is 0.0516. The maximum absolute atomic E-state index is 12.3. The quantitative estimate of drug-likeness (QED) is 0.570. The number of carbonyl (C=O) groups is 1. The number of esters is 1. The summed E-state index contributed by atoms with van der Waals surface area (Å²) < 4.78 is 22.3. The summed E-state index contributed by atoms with van der Waals surface area (Å²) in [7, 11) is 0. The number of benzene rings is 1. The molecule has 1 rings (SSSR count). The molecule has 0 amide bonds. The maximum Gasteiger partial charge on any atom is 0.345 e. The summed E-state index contributed by atoms with van der Waals surface area (Å²) in [5, 5.41) is 0. The first-order chi connectivity index (χ1) is 11.2. The molecule has 1 aromatic rings. The predicted octanol–water partition coefficient (Wildman–Crippen LogP) is 4.23. The minimum atomic E-state index is -0.438. The van der Waals surface area contributed by atoms with Crippen molar-refractivity contribution in [1.29, 1.82) is 0 Å².